The minimum Gasteiger partial charge on any atom is -0.508 e. The second kappa shape index (κ2) is 4.86. The van der Waals surface area contributed by atoms with Gasteiger partial charge >= 0.3 is 0 Å². The van der Waals surface area contributed by atoms with Crippen LogP contribution in [0.2, 0.25) is 0 Å². The zero-order valence-electron chi connectivity index (χ0n) is 8.66. The molecule has 78 valence electrons. The highest BCUT2D eigenvalue weighted by molar-refractivity contribution is 5.44. The SMILES string of the molecule is CCC(N)Cc1c(O)cccc1OC. The van der Waals surface area contributed by atoms with Crippen LogP contribution in [0.25, 0.3) is 0 Å². The van der Waals surface area contributed by atoms with Crippen molar-refractivity contribution in [1.29, 1.82) is 0 Å². The van der Waals surface area contributed by atoms with Gasteiger partial charge in [0.05, 0.1) is 7.11 Å². The Kier molecular flexibility index (Phi) is 3.77. The molecule has 0 aromatic heterocycles. The molecule has 0 saturated carbocycles. The zero-order valence-corrected chi connectivity index (χ0v) is 8.66. The molecule has 3 N–H and O–H groups in total. The van der Waals surface area contributed by atoms with Crippen LogP contribution in [0.4, 0.5) is 0 Å². The third-order valence-corrected chi connectivity index (χ3v) is 2.32. The fraction of sp³-hybridized carbons (Fsp3) is 0.455. The zero-order chi connectivity index (χ0) is 10.6. The smallest absolute Gasteiger partial charge is 0.125 e. The lowest BCUT2D eigenvalue weighted by Gasteiger charge is -2.13. The van der Waals surface area contributed by atoms with Crippen LogP contribution in [0.1, 0.15) is 18.9 Å². The number of phenols is 1. The predicted molar refractivity (Wildman–Crippen MR) is 56.6 cm³/mol. The molecule has 0 aliphatic rings. The molecule has 0 aliphatic heterocycles. The first-order chi connectivity index (χ1) is 6.69. The molecule has 0 aliphatic carbocycles. The second-order valence-corrected chi connectivity index (χ2v) is 3.33. The van der Waals surface area contributed by atoms with E-state index in [4.69, 9.17) is 10.5 Å². The van der Waals surface area contributed by atoms with Gasteiger partial charge in [-0.15, -0.1) is 0 Å². The van der Waals surface area contributed by atoms with Gasteiger partial charge in [-0.05, 0) is 25.0 Å². The van der Waals surface area contributed by atoms with E-state index in [1.807, 2.05) is 13.0 Å². The molecule has 3 heteroatoms. The van der Waals surface area contributed by atoms with Crippen molar-refractivity contribution >= 4 is 0 Å². The molecule has 1 rings (SSSR count). The number of hydrogen-bond acceptors (Lipinski definition) is 3. The third kappa shape index (κ3) is 2.39. The first kappa shape index (κ1) is 10.9. The van der Waals surface area contributed by atoms with E-state index in [-0.39, 0.29) is 11.8 Å². The van der Waals surface area contributed by atoms with Crippen molar-refractivity contribution in [2.45, 2.75) is 25.8 Å². The summed E-state index contributed by atoms with van der Waals surface area (Å²) in [5, 5.41) is 9.63. The first-order valence-corrected chi connectivity index (χ1v) is 4.79. The summed E-state index contributed by atoms with van der Waals surface area (Å²) < 4.78 is 5.16. The van der Waals surface area contributed by atoms with Crippen LogP contribution in [0.5, 0.6) is 11.5 Å². The summed E-state index contributed by atoms with van der Waals surface area (Å²) in [5.74, 6) is 0.960. The molecule has 1 unspecified atom stereocenters. The monoisotopic (exact) mass is 195 g/mol. The van der Waals surface area contributed by atoms with Crippen molar-refractivity contribution in [3.63, 3.8) is 0 Å². The molecule has 0 heterocycles. The summed E-state index contributed by atoms with van der Waals surface area (Å²) in [6, 6.07) is 5.31. The van der Waals surface area contributed by atoms with E-state index in [0.717, 1.165) is 12.0 Å². The molecule has 0 bridgehead atoms. The van der Waals surface area contributed by atoms with Gasteiger partial charge in [0.15, 0.2) is 0 Å². The minimum atomic E-state index is 0.0669. The Morgan fingerprint density at radius 2 is 2.21 bits per heavy atom. The number of aromatic hydroxyl groups is 1. The molecule has 0 radical (unpaired) electrons. The van der Waals surface area contributed by atoms with Crippen molar-refractivity contribution < 1.29 is 9.84 Å². The number of methoxy groups -OCH3 is 1. The molecule has 0 spiro atoms. The normalized spacial score (nSPS) is 12.5. The highest BCUT2D eigenvalue weighted by Gasteiger charge is 2.11. The van der Waals surface area contributed by atoms with Gasteiger partial charge in [-0.2, -0.15) is 0 Å². The predicted octanol–water partition coefficient (Wildman–Crippen LogP) is 1.68. The Bertz CT molecular complexity index is 299. The lowest BCUT2D eigenvalue weighted by Crippen LogP contribution is -2.21. The van der Waals surface area contributed by atoms with E-state index < -0.39 is 0 Å². The van der Waals surface area contributed by atoms with Crippen LogP contribution < -0.4 is 10.5 Å². The van der Waals surface area contributed by atoms with Crippen molar-refractivity contribution in [2.75, 3.05) is 7.11 Å². The van der Waals surface area contributed by atoms with E-state index in [0.29, 0.717) is 12.2 Å². The van der Waals surface area contributed by atoms with Crippen molar-refractivity contribution in [3.8, 4) is 11.5 Å². The maximum Gasteiger partial charge on any atom is 0.125 e. The third-order valence-electron chi connectivity index (χ3n) is 2.32. The number of nitrogens with two attached hydrogens (primary N) is 1. The number of phenolic OH excluding ortho intramolecular Hbond substituents is 1. The summed E-state index contributed by atoms with van der Waals surface area (Å²) in [4.78, 5) is 0. The maximum absolute atomic E-state index is 9.63. The van der Waals surface area contributed by atoms with Crippen LogP contribution in [0.15, 0.2) is 18.2 Å². The van der Waals surface area contributed by atoms with Crippen LogP contribution in [-0.2, 0) is 6.42 Å². The lowest BCUT2D eigenvalue weighted by molar-refractivity contribution is 0.396. The van der Waals surface area contributed by atoms with Gasteiger partial charge in [0.1, 0.15) is 11.5 Å². The Balaban J connectivity index is 2.92. The van der Waals surface area contributed by atoms with E-state index in [1.165, 1.54) is 0 Å². The molecule has 0 fully saturated rings. The first-order valence-electron chi connectivity index (χ1n) is 4.79. The van der Waals surface area contributed by atoms with Gasteiger partial charge in [0.25, 0.3) is 0 Å². The number of ether oxygens (including phenoxy) is 1. The lowest BCUT2D eigenvalue weighted by atomic mass is 10.0. The Hall–Kier alpha value is -1.22. The number of hydrogen-bond donors (Lipinski definition) is 2. The quantitative estimate of drug-likeness (QED) is 0.768. The van der Waals surface area contributed by atoms with E-state index in [2.05, 4.69) is 0 Å². The molecule has 14 heavy (non-hydrogen) atoms. The summed E-state index contributed by atoms with van der Waals surface area (Å²) in [7, 11) is 1.59. The molecule has 0 amide bonds. The topological polar surface area (TPSA) is 55.5 Å². The summed E-state index contributed by atoms with van der Waals surface area (Å²) in [5.41, 5.74) is 6.63. The molecular formula is C11H17NO2. The molecule has 3 nitrogen and oxygen atoms in total. The van der Waals surface area contributed by atoms with Crippen molar-refractivity contribution in [1.82, 2.24) is 0 Å². The van der Waals surface area contributed by atoms with Crippen LogP contribution in [0.3, 0.4) is 0 Å². The standard InChI is InChI=1S/C11H17NO2/c1-3-8(12)7-9-10(13)5-4-6-11(9)14-2/h4-6,8,13H,3,7,12H2,1-2H3. The summed E-state index contributed by atoms with van der Waals surface area (Å²) in [6.45, 7) is 2.02. The van der Waals surface area contributed by atoms with E-state index in [1.54, 1.807) is 19.2 Å². The average molecular weight is 195 g/mol. The van der Waals surface area contributed by atoms with Crippen molar-refractivity contribution in [2.24, 2.45) is 5.73 Å². The van der Waals surface area contributed by atoms with Crippen LogP contribution in [-0.4, -0.2) is 18.3 Å². The van der Waals surface area contributed by atoms with Gasteiger partial charge in [0.2, 0.25) is 0 Å². The fourth-order valence-corrected chi connectivity index (χ4v) is 1.36. The molecular weight excluding hydrogens is 178 g/mol. The molecule has 0 saturated heterocycles. The maximum atomic E-state index is 9.63. The molecule has 1 aromatic rings. The molecule has 1 aromatic carbocycles. The summed E-state index contributed by atoms with van der Waals surface area (Å²) >= 11 is 0. The Morgan fingerprint density at radius 1 is 1.50 bits per heavy atom. The Morgan fingerprint density at radius 3 is 2.79 bits per heavy atom. The van der Waals surface area contributed by atoms with Crippen LogP contribution in [0, 0.1) is 0 Å². The van der Waals surface area contributed by atoms with Gasteiger partial charge in [-0.1, -0.05) is 13.0 Å². The summed E-state index contributed by atoms with van der Waals surface area (Å²) in [6.07, 6.45) is 1.53. The van der Waals surface area contributed by atoms with Gasteiger partial charge in [0, 0.05) is 11.6 Å². The van der Waals surface area contributed by atoms with Gasteiger partial charge < -0.3 is 15.6 Å². The van der Waals surface area contributed by atoms with Gasteiger partial charge in [-0.25, -0.2) is 0 Å². The fourth-order valence-electron chi connectivity index (χ4n) is 1.36. The minimum absolute atomic E-state index is 0.0669. The average Bonchev–Trinajstić information content (AvgIpc) is 2.20. The van der Waals surface area contributed by atoms with E-state index in [9.17, 15) is 5.11 Å². The highest BCUT2D eigenvalue weighted by atomic mass is 16.5. The molecule has 1 atom stereocenters. The Labute approximate surface area is 84.5 Å². The number of rotatable bonds is 4. The van der Waals surface area contributed by atoms with Crippen LogP contribution >= 0.6 is 0 Å². The second-order valence-electron chi connectivity index (χ2n) is 3.33. The number of benzene rings is 1. The highest BCUT2D eigenvalue weighted by Crippen LogP contribution is 2.28. The van der Waals surface area contributed by atoms with Gasteiger partial charge in [-0.3, -0.25) is 0 Å². The van der Waals surface area contributed by atoms with Crippen molar-refractivity contribution in [3.05, 3.63) is 23.8 Å². The van der Waals surface area contributed by atoms with E-state index >= 15 is 0 Å². The largest absolute Gasteiger partial charge is 0.508 e.